The van der Waals surface area contributed by atoms with Gasteiger partial charge in [0.2, 0.25) is 0 Å². The maximum absolute atomic E-state index is 12.3. The van der Waals surface area contributed by atoms with Gasteiger partial charge in [-0.25, -0.2) is 4.98 Å². The third-order valence-electron chi connectivity index (χ3n) is 3.45. The lowest BCUT2D eigenvalue weighted by atomic mass is 10.0. The van der Waals surface area contributed by atoms with Crippen molar-refractivity contribution in [3.05, 3.63) is 41.9 Å². The Morgan fingerprint density at radius 2 is 2.00 bits per heavy atom. The molecule has 0 saturated carbocycles. The number of benzene rings is 1. The number of carbonyl (C=O) groups is 1. The number of carbonyl (C=O) groups excluding carboxylic acids is 1. The molecule has 1 heterocycles. The van der Waals surface area contributed by atoms with Gasteiger partial charge in [-0.3, -0.25) is 4.79 Å². The largest absolute Gasteiger partial charge is 0.443 e. The minimum absolute atomic E-state index is 0.193. The Labute approximate surface area is 130 Å². The molecule has 0 spiro atoms. The molecule has 5 heteroatoms. The highest BCUT2D eigenvalue weighted by Crippen LogP contribution is 2.23. The van der Waals surface area contributed by atoms with Crippen molar-refractivity contribution >= 4 is 5.91 Å². The van der Waals surface area contributed by atoms with Crippen LogP contribution in [0, 0.1) is 12.8 Å². The Bertz CT molecular complexity index is 617. The summed E-state index contributed by atoms with van der Waals surface area (Å²) in [6.45, 7) is 6.22. The molecular weight excluding hydrogens is 280 g/mol. The number of aliphatic hydroxyl groups excluding tert-OH is 1. The van der Waals surface area contributed by atoms with E-state index in [9.17, 15) is 9.90 Å². The molecule has 0 aliphatic heterocycles. The lowest BCUT2D eigenvalue weighted by Gasteiger charge is -2.13. The lowest BCUT2D eigenvalue weighted by Crippen LogP contribution is -2.30. The maximum atomic E-state index is 12.3. The summed E-state index contributed by atoms with van der Waals surface area (Å²) >= 11 is 0. The zero-order valence-corrected chi connectivity index (χ0v) is 13.2. The molecule has 2 unspecified atom stereocenters. The highest BCUT2D eigenvalue weighted by molar-refractivity contribution is 5.97. The number of amides is 1. The number of oxazole rings is 1. The molecule has 0 bridgehead atoms. The first-order valence-electron chi connectivity index (χ1n) is 7.44. The molecule has 0 saturated heterocycles. The molecule has 0 aliphatic carbocycles. The van der Waals surface area contributed by atoms with Gasteiger partial charge in [0.1, 0.15) is 0 Å². The SMILES string of the molecule is Cc1ccc(-c2ocnc2C(=O)NCC(C)CC(C)O)cc1. The Morgan fingerprint density at radius 1 is 1.32 bits per heavy atom. The van der Waals surface area contributed by atoms with Gasteiger partial charge in [0, 0.05) is 12.1 Å². The standard InChI is InChI=1S/C17H22N2O3/c1-11-4-6-14(7-5-11)16-15(19-10-22-16)17(21)18-9-12(2)8-13(3)20/h4-7,10,12-13,20H,8-9H2,1-3H3,(H,18,21). The average Bonchev–Trinajstić information content (AvgIpc) is 2.94. The van der Waals surface area contributed by atoms with Gasteiger partial charge in [0.25, 0.3) is 5.91 Å². The predicted molar refractivity (Wildman–Crippen MR) is 84.5 cm³/mol. The molecule has 2 N–H and O–H groups in total. The molecular formula is C17H22N2O3. The van der Waals surface area contributed by atoms with Gasteiger partial charge in [0.05, 0.1) is 6.10 Å². The van der Waals surface area contributed by atoms with E-state index in [2.05, 4.69) is 10.3 Å². The summed E-state index contributed by atoms with van der Waals surface area (Å²) in [6, 6.07) is 7.74. The summed E-state index contributed by atoms with van der Waals surface area (Å²) in [5.74, 6) is 0.404. The van der Waals surface area contributed by atoms with Crippen molar-refractivity contribution in [3.63, 3.8) is 0 Å². The second-order valence-corrected chi connectivity index (χ2v) is 5.80. The zero-order valence-electron chi connectivity index (χ0n) is 13.2. The smallest absolute Gasteiger partial charge is 0.273 e. The Kier molecular flexibility index (Phi) is 5.33. The molecule has 1 amide bonds. The molecule has 1 aromatic carbocycles. The van der Waals surface area contributed by atoms with Crippen LogP contribution >= 0.6 is 0 Å². The van der Waals surface area contributed by atoms with E-state index in [4.69, 9.17) is 4.42 Å². The van der Waals surface area contributed by atoms with E-state index >= 15 is 0 Å². The van der Waals surface area contributed by atoms with Crippen molar-refractivity contribution in [1.29, 1.82) is 0 Å². The van der Waals surface area contributed by atoms with Crippen LogP contribution in [0.25, 0.3) is 11.3 Å². The number of rotatable bonds is 6. The zero-order chi connectivity index (χ0) is 16.1. The van der Waals surface area contributed by atoms with Crippen LogP contribution in [0.15, 0.2) is 35.1 Å². The second-order valence-electron chi connectivity index (χ2n) is 5.80. The highest BCUT2D eigenvalue weighted by atomic mass is 16.3. The van der Waals surface area contributed by atoms with Crippen molar-refractivity contribution in [1.82, 2.24) is 10.3 Å². The van der Waals surface area contributed by atoms with Crippen LogP contribution in [-0.2, 0) is 0 Å². The van der Waals surface area contributed by atoms with Crippen LogP contribution < -0.4 is 5.32 Å². The summed E-state index contributed by atoms with van der Waals surface area (Å²) in [5, 5.41) is 12.2. The predicted octanol–water partition coefficient (Wildman–Crippen LogP) is 2.79. The fourth-order valence-electron chi connectivity index (χ4n) is 2.33. The number of hydrogen-bond acceptors (Lipinski definition) is 4. The Hall–Kier alpha value is -2.14. The van der Waals surface area contributed by atoms with E-state index in [1.165, 1.54) is 6.39 Å². The van der Waals surface area contributed by atoms with E-state index in [0.717, 1.165) is 11.1 Å². The van der Waals surface area contributed by atoms with Crippen molar-refractivity contribution in [2.45, 2.75) is 33.3 Å². The number of hydrogen-bond donors (Lipinski definition) is 2. The van der Waals surface area contributed by atoms with Gasteiger partial charge in [0.15, 0.2) is 17.8 Å². The van der Waals surface area contributed by atoms with Crippen molar-refractivity contribution < 1.29 is 14.3 Å². The van der Waals surface area contributed by atoms with Gasteiger partial charge >= 0.3 is 0 Å². The number of nitrogens with one attached hydrogen (secondary N) is 1. The number of nitrogens with zero attached hydrogens (tertiary/aromatic N) is 1. The molecule has 0 fully saturated rings. The van der Waals surface area contributed by atoms with Crippen molar-refractivity contribution in [3.8, 4) is 11.3 Å². The summed E-state index contributed by atoms with van der Waals surface area (Å²) < 4.78 is 5.37. The molecule has 2 atom stereocenters. The summed E-state index contributed by atoms with van der Waals surface area (Å²) in [5.41, 5.74) is 2.25. The first-order valence-corrected chi connectivity index (χ1v) is 7.44. The van der Waals surface area contributed by atoms with Crippen LogP contribution in [0.3, 0.4) is 0 Å². The van der Waals surface area contributed by atoms with E-state index in [0.29, 0.717) is 18.7 Å². The first kappa shape index (κ1) is 16.2. The second kappa shape index (κ2) is 7.22. The lowest BCUT2D eigenvalue weighted by molar-refractivity contribution is 0.0935. The minimum atomic E-state index is -0.373. The molecule has 22 heavy (non-hydrogen) atoms. The normalized spacial score (nSPS) is 13.6. The fraction of sp³-hybridized carbons (Fsp3) is 0.412. The molecule has 5 nitrogen and oxygen atoms in total. The van der Waals surface area contributed by atoms with Gasteiger partial charge in [-0.05, 0) is 26.2 Å². The molecule has 0 radical (unpaired) electrons. The minimum Gasteiger partial charge on any atom is -0.443 e. The summed E-state index contributed by atoms with van der Waals surface area (Å²) in [6.07, 6.45) is 1.55. The quantitative estimate of drug-likeness (QED) is 0.860. The van der Waals surface area contributed by atoms with E-state index in [-0.39, 0.29) is 23.6 Å². The average molecular weight is 302 g/mol. The molecule has 0 aliphatic rings. The van der Waals surface area contributed by atoms with E-state index < -0.39 is 0 Å². The number of aliphatic hydroxyl groups is 1. The van der Waals surface area contributed by atoms with Gasteiger partial charge in [-0.2, -0.15) is 0 Å². The van der Waals surface area contributed by atoms with Crippen LogP contribution in [0.5, 0.6) is 0 Å². The summed E-state index contributed by atoms with van der Waals surface area (Å²) in [7, 11) is 0. The Morgan fingerprint density at radius 3 is 2.64 bits per heavy atom. The van der Waals surface area contributed by atoms with E-state index in [1.807, 2.05) is 38.1 Å². The molecule has 118 valence electrons. The molecule has 2 aromatic rings. The van der Waals surface area contributed by atoms with E-state index in [1.54, 1.807) is 6.92 Å². The van der Waals surface area contributed by atoms with Gasteiger partial charge in [-0.15, -0.1) is 0 Å². The number of aromatic nitrogens is 1. The fourth-order valence-corrected chi connectivity index (χ4v) is 2.33. The monoisotopic (exact) mass is 302 g/mol. The third kappa shape index (κ3) is 4.18. The van der Waals surface area contributed by atoms with Crippen LogP contribution in [0.4, 0.5) is 0 Å². The van der Waals surface area contributed by atoms with Crippen molar-refractivity contribution in [2.24, 2.45) is 5.92 Å². The Balaban J connectivity index is 2.05. The first-order chi connectivity index (χ1) is 10.5. The molecule has 1 aromatic heterocycles. The van der Waals surface area contributed by atoms with Gasteiger partial charge < -0.3 is 14.8 Å². The van der Waals surface area contributed by atoms with Crippen LogP contribution in [0.2, 0.25) is 0 Å². The topological polar surface area (TPSA) is 75.4 Å². The van der Waals surface area contributed by atoms with Crippen LogP contribution in [-0.4, -0.2) is 28.6 Å². The third-order valence-corrected chi connectivity index (χ3v) is 3.45. The summed E-state index contributed by atoms with van der Waals surface area (Å²) in [4.78, 5) is 16.3. The number of aryl methyl sites for hydroxylation is 1. The van der Waals surface area contributed by atoms with Crippen molar-refractivity contribution in [2.75, 3.05) is 6.54 Å². The maximum Gasteiger partial charge on any atom is 0.273 e. The highest BCUT2D eigenvalue weighted by Gasteiger charge is 2.18. The van der Waals surface area contributed by atoms with Gasteiger partial charge in [-0.1, -0.05) is 36.8 Å². The van der Waals surface area contributed by atoms with Crippen LogP contribution in [0.1, 0.15) is 36.3 Å². The molecule has 2 rings (SSSR count).